The van der Waals surface area contributed by atoms with Gasteiger partial charge in [0.25, 0.3) is 0 Å². The Morgan fingerprint density at radius 3 is 2.86 bits per heavy atom. The molecule has 0 aromatic carbocycles. The number of pyridine rings is 1. The highest BCUT2D eigenvalue weighted by atomic mass is 32.1. The molecule has 5 heteroatoms. The second kappa shape index (κ2) is 5.77. The fourth-order valence-electron chi connectivity index (χ4n) is 2.24. The highest BCUT2D eigenvalue weighted by molar-refractivity contribution is 7.18. The maximum atomic E-state index is 4.73. The molecule has 3 rings (SSSR count). The zero-order valence-corrected chi connectivity index (χ0v) is 13.3. The van der Waals surface area contributed by atoms with Crippen LogP contribution in [0.2, 0.25) is 0 Å². The maximum Gasteiger partial charge on any atom is 0.164 e. The third-order valence-corrected chi connectivity index (χ3v) is 4.28. The summed E-state index contributed by atoms with van der Waals surface area (Å²) in [6.07, 6.45) is 4.69. The lowest BCUT2D eigenvalue weighted by molar-refractivity contribution is 0.970. The fraction of sp³-hybridized carbons (Fsp3) is 0.312. The predicted octanol–water partition coefficient (Wildman–Crippen LogP) is 4.19. The molecular formula is C16H18N4S. The molecule has 0 amide bonds. The molecule has 1 N–H and O–H groups in total. The minimum atomic E-state index is 0.744. The Kier molecular flexibility index (Phi) is 3.84. The molecule has 0 saturated heterocycles. The van der Waals surface area contributed by atoms with E-state index in [1.54, 1.807) is 17.5 Å². The Morgan fingerprint density at radius 2 is 2.10 bits per heavy atom. The number of thiophene rings is 1. The van der Waals surface area contributed by atoms with E-state index in [9.17, 15) is 0 Å². The molecule has 0 aliphatic carbocycles. The van der Waals surface area contributed by atoms with Crippen molar-refractivity contribution >= 4 is 27.4 Å². The van der Waals surface area contributed by atoms with E-state index in [4.69, 9.17) is 9.97 Å². The van der Waals surface area contributed by atoms with Crippen molar-refractivity contribution in [2.75, 3.05) is 11.9 Å². The second-order valence-corrected chi connectivity index (χ2v) is 6.32. The maximum absolute atomic E-state index is 4.73. The summed E-state index contributed by atoms with van der Waals surface area (Å²) in [4.78, 5) is 15.9. The van der Waals surface area contributed by atoms with E-state index in [1.165, 1.54) is 4.88 Å². The Morgan fingerprint density at radius 1 is 1.24 bits per heavy atom. The van der Waals surface area contributed by atoms with Gasteiger partial charge in [-0.2, -0.15) is 0 Å². The number of aromatic nitrogens is 3. The smallest absolute Gasteiger partial charge is 0.164 e. The molecule has 0 bridgehead atoms. The van der Waals surface area contributed by atoms with E-state index in [0.29, 0.717) is 0 Å². The zero-order chi connectivity index (χ0) is 14.8. The number of hydrogen-bond acceptors (Lipinski definition) is 5. The summed E-state index contributed by atoms with van der Waals surface area (Å²) in [7, 11) is 0. The van der Waals surface area contributed by atoms with Gasteiger partial charge in [0, 0.05) is 29.4 Å². The first-order valence-electron chi connectivity index (χ1n) is 7.12. The second-order valence-electron chi connectivity index (χ2n) is 5.09. The fourth-order valence-corrected chi connectivity index (χ4v) is 3.12. The molecule has 21 heavy (non-hydrogen) atoms. The van der Waals surface area contributed by atoms with Crippen molar-refractivity contribution < 1.29 is 0 Å². The largest absolute Gasteiger partial charge is 0.369 e. The van der Waals surface area contributed by atoms with Crippen LogP contribution in [0.1, 0.15) is 23.8 Å². The SMILES string of the molecule is CCCNc1nc(-c2cnccc2C)nc2sc(C)cc12. The van der Waals surface area contributed by atoms with E-state index in [-0.39, 0.29) is 0 Å². The first-order valence-corrected chi connectivity index (χ1v) is 7.93. The van der Waals surface area contributed by atoms with E-state index in [2.05, 4.69) is 37.1 Å². The van der Waals surface area contributed by atoms with Crippen LogP contribution in [-0.4, -0.2) is 21.5 Å². The average molecular weight is 298 g/mol. The Bertz CT molecular complexity index is 779. The number of fused-ring (bicyclic) bond motifs is 1. The van der Waals surface area contributed by atoms with Crippen LogP contribution in [0, 0.1) is 13.8 Å². The van der Waals surface area contributed by atoms with Crippen molar-refractivity contribution in [3.8, 4) is 11.4 Å². The summed E-state index contributed by atoms with van der Waals surface area (Å²) in [6.45, 7) is 7.22. The highest BCUT2D eigenvalue weighted by Gasteiger charge is 2.13. The van der Waals surface area contributed by atoms with E-state index in [0.717, 1.165) is 46.0 Å². The van der Waals surface area contributed by atoms with E-state index >= 15 is 0 Å². The van der Waals surface area contributed by atoms with Crippen LogP contribution in [0.15, 0.2) is 24.5 Å². The number of aryl methyl sites for hydroxylation is 2. The van der Waals surface area contributed by atoms with Crippen molar-refractivity contribution in [3.05, 3.63) is 35.0 Å². The van der Waals surface area contributed by atoms with E-state index < -0.39 is 0 Å². The molecule has 0 aliphatic heterocycles. The first kappa shape index (κ1) is 13.9. The van der Waals surface area contributed by atoms with Crippen LogP contribution in [0.3, 0.4) is 0 Å². The first-order chi connectivity index (χ1) is 10.2. The molecular weight excluding hydrogens is 280 g/mol. The number of anilines is 1. The van der Waals surface area contributed by atoms with E-state index in [1.807, 2.05) is 12.3 Å². The normalized spacial score (nSPS) is 11.0. The summed E-state index contributed by atoms with van der Waals surface area (Å²) in [5.41, 5.74) is 2.13. The van der Waals surface area contributed by atoms with Crippen LogP contribution in [0.25, 0.3) is 21.6 Å². The summed E-state index contributed by atoms with van der Waals surface area (Å²) in [6, 6.07) is 4.14. The Hall–Kier alpha value is -2.01. The lowest BCUT2D eigenvalue weighted by Gasteiger charge is -2.09. The molecule has 0 aliphatic rings. The summed E-state index contributed by atoms with van der Waals surface area (Å²) < 4.78 is 0. The van der Waals surface area contributed by atoms with Gasteiger partial charge in [0.1, 0.15) is 10.6 Å². The molecule has 108 valence electrons. The highest BCUT2D eigenvalue weighted by Crippen LogP contribution is 2.31. The molecule has 0 saturated carbocycles. The van der Waals surface area contributed by atoms with Gasteiger partial charge in [-0.05, 0) is 38.0 Å². The van der Waals surface area contributed by atoms with Gasteiger partial charge in [0.2, 0.25) is 0 Å². The van der Waals surface area contributed by atoms with Crippen molar-refractivity contribution in [3.63, 3.8) is 0 Å². The minimum Gasteiger partial charge on any atom is -0.369 e. The van der Waals surface area contributed by atoms with Crippen molar-refractivity contribution in [2.45, 2.75) is 27.2 Å². The standard InChI is InChI=1S/C16H18N4S/c1-4-6-18-14-12-8-11(3)21-16(12)20-15(19-14)13-9-17-7-5-10(13)2/h5,7-9H,4,6H2,1-3H3,(H,18,19,20). The number of rotatable bonds is 4. The van der Waals surface area contributed by atoms with Crippen LogP contribution in [0.4, 0.5) is 5.82 Å². The Labute approximate surface area is 128 Å². The molecule has 0 spiro atoms. The zero-order valence-electron chi connectivity index (χ0n) is 12.5. The van der Waals surface area contributed by atoms with Gasteiger partial charge in [0.15, 0.2) is 5.82 Å². The molecule has 0 radical (unpaired) electrons. The van der Waals surface area contributed by atoms with Gasteiger partial charge in [-0.1, -0.05) is 6.92 Å². The van der Waals surface area contributed by atoms with Crippen molar-refractivity contribution in [1.82, 2.24) is 15.0 Å². The molecule has 3 aromatic heterocycles. The topological polar surface area (TPSA) is 50.7 Å². The lowest BCUT2D eigenvalue weighted by Crippen LogP contribution is -2.04. The lowest BCUT2D eigenvalue weighted by atomic mass is 10.1. The third-order valence-electron chi connectivity index (χ3n) is 3.34. The van der Waals surface area contributed by atoms with Gasteiger partial charge in [0.05, 0.1) is 5.39 Å². The average Bonchev–Trinajstić information content (AvgIpc) is 2.85. The van der Waals surface area contributed by atoms with Gasteiger partial charge in [-0.25, -0.2) is 9.97 Å². The minimum absolute atomic E-state index is 0.744. The molecule has 4 nitrogen and oxygen atoms in total. The molecule has 0 atom stereocenters. The van der Waals surface area contributed by atoms with Gasteiger partial charge < -0.3 is 5.32 Å². The summed E-state index contributed by atoms with van der Waals surface area (Å²) in [5, 5.41) is 4.52. The summed E-state index contributed by atoms with van der Waals surface area (Å²) in [5.74, 6) is 1.66. The number of nitrogens with one attached hydrogen (secondary N) is 1. The molecule has 0 unspecified atom stereocenters. The van der Waals surface area contributed by atoms with Crippen molar-refractivity contribution in [1.29, 1.82) is 0 Å². The molecule has 3 heterocycles. The number of nitrogens with zero attached hydrogens (tertiary/aromatic N) is 3. The quantitative estimate of drug-likeness (QED) is 0.784. The van der Waals surface area contributed by atoms with Crippen LogP contribution < -0.4 is 5.32 Å². The number of hydrogen-bond donors (Lipinski definition) is 1. The van der Waals surface area contributed by atoms with Crippen molar-refractivity contribution in [2.24, 2.45) is 0 Å². The van der Waals surface area contributed by atoms with Gasteiger partial charge in [-0.15, -0.1) is 11.3 Å². The van der Waals surface area contributed by atoms with Gasteiger partial charge >= 0.3 is 0 Å². The predicted molar refractivity (Wildman–Crippen MR) is 88.9 cm³/mol. The van der Waals surface area contributed by atoms with Crippen LogP contribution >= 0.6 is 11.3 Å². The Balaban J connectivity index is 2.17. The van der Waals surface area contributed by atoms with Crippen LogP contribution in [-0.2, 0) is 0 Å². The molecule has 3 aromatic rings. The summed E-state index contributed by atoms with van der Waals surface area (Å²) >= 11 is 1.70. The van der Waals surface area contributed by atoms with Crippen LogP contribution in [0.5, 0.6) is 0 Å². The molecule has 0 fully saturated rings. The third kappa shape index (κ3) is 2.74. The van der Waals surface area contributed by atoms with Gasteiger partial charge in [-0.3, -0.25) is 4.98 Å². The monoisotopic (exact) mass is 298 g/mol.